The summed E-state index contributed by atoms with van der Waals surface area (Å²) in [7, 11) is -3.47. The molecule has 0 heterocycles. The van der Waals surface area contributed by atoms with Crippen molar-refractivity contribution in [2.45, 2.75) is 42.4 Å². The van der Waals surface area contributed by atoms with E-state index in [0.717, 1.165) is 19.3 Å². The molecule has 2 atom stereocenters. The van der Waals surface area contributed by atoms with Gasteiger partial charge in [0.25, 0.3) is 0 Å². The highest BCUT2D eigenvalue weighted by Crippen LogP contribution is 2.30. The number of hydrogen-bond donors (Lipinski definition) is 2. The van der Waals surface area contributed by atoms with Crippen molar-refractivity contribution >= 4 is 27.5 Å². The average Bonchev–Trinajstić information content (AvgIpc) is 2.86. The van der Waals surface area contributed by atoms with Crippen LogP contribution in [0, 0.1) is 0 Å². The maximum atomic E-state index is 12.6. The molecule has 1 saturated carbocycles. The highest BCUT2D eigenvalue weighted by Gasteiger charge is 2.31. The van der Waals surface area contributed by atoms with Crippen molar-refractivity contribution in [3.63, 3.8) is 0 Å². The molecule has 0 bridgehead atoms. The molecule has 0 aliphatic heterocycles. The second kappa shape index (κ2) is 6.83. The highest BCUT2D eigenvalue weighted by atomic mass is 32.2. The quantitative estimate of drug-likeness (QED) is 0.847. The summed E-state index contributed by atoms with van der Waals surface area (Å²) in [5.41, 5.74) is 0.668. The molecule has 0 spiro atoms. The van der Waals surface area contributed by atoms with Crippen LogP contribution in [0.1, 0.15) is 26.2 Å². The van der Waals surface area contributed by atoms with Crippen molar-refractivity contribution in [2.75, 3.05) is 18.1 Å². The van der Waals surface area contributed by atoms with Crippen molar-refractivity contribution in [1.82, 2.24) is 4.72 Å². The van der Waals surface area contributed by atoms with E-state index in [1.807, 2.05) is 19.2 Å². The monoisotopic (exact) mass is 314 g/mol. The third kappa shape index (κ3) is 3.48. The fourth-order valence-electron chi connectivity index (χ4n) is 2.64. The molecule has 4 nitrogen and oxygen atoms in total. The fourth-order valence-corrected chi connectivity index (χ4v) is 5.16. The van der Waals surface area contributed by atoms with Crippen LogP contribution < -0.4 is 10.0 Å². The summed E-state index contributed by atoms with van der Waals surface area (Å²) in [6, 6.07) is 7.11. The molecule has 1 aliphatic rings. The van der Waals surface area contributed by atoms with Crippen molar-refractivity contribution in [1.29, 1.82) is 0 Å². The van der Waals surface area contributed by atoms with Crippen molar-refractivity contribution in [3.05, 3.63) is 24.3 Å². The molecule has 0 saturated heterocycles. The van der Waals surface area contributed by atoms with E-state index < -0.39 is 10.0 Å². The molecule has 20 heavy (non-hydrogen) atoms. The normalized spacial score (nSPS) is 22.9. The molecule has 1 aromatic carbocycles. The Morgan fingerprint density at radius 3 is 2.75 bits per heavy atom. The molecular weight excluding hydrogens is 292 g/mol. The second-order valence-electron chi connectivity index (χ2n) is 4.96. The summed E-state index contributed by atoms with van der Waals surface area (Å²) >= 11 is 1.75. The molecule has 6 heteroatoms. The second-order valence-corrected chi connectivity index (χ2v) is 7.72. The van der Waals surface area contributed by atoms with E-state index in [9.17, 15) is 8.42 Å². The minimum Gasteiger partial charge on any atom is -0.384 e. The van der Waals surface area contributed by atoms with E-state index in [1.165, 1.54) is 0 Å². The topological polar surface area (TPSA) is 58.2 Å². The van der Waals surface area contributed by atoms with Gasteiger partial charge in [0.05, 0.1) is 5.69 Å². The van der Waals surface area contributed by atoms with Crippen molar-refractivity contribution in [2.24, 2.45) is 0 Å². The lowest BCUT2D eigenvalue weighted by atomic mass is 10.3. The van der Waals surface area contributed by atoms with Gasteiger partial charge in [-0.15, -0.1) is 0 Å². The van der Waals surface area contributed by atoms with E-state index in [1.54, 1.807) is 30.0 Å². The van der Waals surface area contributed by atoms with Crippen molar-refractivity contribution in [3.8, 4) is 0 Å². The summed E-state index contributed by atoms with van der Waals surface area (Å²) in [6.07, 6.45) is 5.15. The standard InChI is InChI=1S/C14H22N2O2S2/c1-3-15-12-7-4-5-10-14(12)20(17,18)16-11-8-6-9-13(11)19-2/h4-5,7,10-11,13,15-16H,3,6,8-9H2,1-2H3. The van der Waals surface area contributed by atoms with Gasteiger partial charge in [-0.1, -0.05) is 18.6 Å². The van der Waals surface area contributed by atoms with Crippen LogP contribution >= 0.6 is 11.8 Å². The summed E-state index contributed by atoms with van der Waals surface area (Å²) < 4.78 is 28.1. The first-order chi connectivity index (χ1) is 9.58. The minimum atomic E-state index is -3.47. The Balaban J connectivity index is 2.22. The smallest absolute Gasteiger partial charge is 0.242 e. The maximum Gasteiger partial charge on any atom is 0.242 e. The summed E-state index contributed by atoms with van der Waals surface area (Å²) in [5, 5.41) is 3.49. The van der Waals surface area contributed by atoms with Crippen LogP contribution in [0.5, 0.6) is 0 Å². The first-order valence-electron chi connectivity index (χ1n) is 6.96. The van der Waals surface area contributed by atoms with Gasteiger partial charge in [-0.3, -0.25) is 0 Å². The SMILES string of the molecule is CCNc1ccccc1S(=O)(=O)NC1CCCC1SC. The van der Waals surface area contributed by atoms with Gasteiger partial charge in [0.15, 0.2) is 0 Å². The molecular formula is C14H22N2O2S2. The number of sulfonamides is 1. The summed E-state index contributed by atoms with van der Waals surface area (Å²) in [5.74, 6) is 0. The van der Waals surface area contributed by atoms with E-state index in [2.05, 4.69) is 10.0 Å². The maximum absolute atomic E-state index is 12.6. The number of rotatable bonds is 6. The minimum absolute atomic E-state index is 0.0460. The first-order valence-corrected chi connectivity index (χ1v) is 9.73. The van der Waals surface area contributed by atoms with Gasteiger partial charge < -0.3 is 5.32 Å². The van der Waals surface area contributed by atoms with Gasteiger partial charge in [0, 0.05) is 17.8 Å². The van der Waals surface area contributed by atoms with Crippen molar-refractivity contribution < 1.29 is 8.42 Å². The van der Waals surface area contributed by atoms with Gasteiger partial charge in [-0.2, -0.15) is 11.8 Å². The molecule has 1 aliphatic carbocycles. The molecule has 0 aromatic heterocycles. The zero-order valence-corrected chi connectivity index (χ0v) is 13.6. The van der Waals surface area contributed by atoms with Crippen LogP contribution in [0.3, 0.4) is 0 Å². The molecule has 0 amide bonds. The lowest BCUT2D eigenvalue weighted by molar-refractivity contribution is 0.555. The molecule has 2 N–H and O–H groups in total. The van der Waals surface area contributed by atoms with Crippen LogP contribution in [0.25, 0.3) is 0 Å². The van der Waals surface area contributed by atoms with Gasteiger partial charge >= 0.3 is 0 Å². The van der Waals surface area contributed by atoms with E-state index >= 15 is 0 Å². The number of nitrogens with one attached hydrogen (secondary N) is 2. The zero-order chi connectivity index (χ0) is 14.6. The Kier molecular flexibility index (Phi) is 5.35. The third-order valence-electron chi connectivity index (χ3n) is 3.61. The number of thioether (sulfide) groups is 1. The van der Waals surface area contributed by atoms with Crippen LogP contribution in [0.2, 0.25) is 0 Å². The Bertz CT molecular complexity index is 546. The lowest BCUT2D eigenvalue weighted by Crippen LogP contribution is -2.38. The van der Waals surface area contributed by atoms with Crippen LogP contribution in [0.15, 0.2) is 29.2 Å². The molecule has 1 aromatic rings. The Labute approximate surface area is 125 Å². The van der Waals surface area contributed by atoms with Gasteiger partial charge in [0.1, 0.15) is 4.90 Å². The molecule has 112 valence electrons. The number of anilines is 1. The Morgan fingerprint density at radius 2 is 2.05 bits per heavy atom. The zero-order valence-electron chi connectivity index (χ0n) is 11.9. The largest absolute Gasteiger partial charge is 0.384 e. The Morgan fingerprint density at radius 1 is 1.30 bits per heavy atom. The number of para-hydroxylation sites is 1. The van der Waals surface area contributed by atoms with Gasteiger partial charge in [-0.25, -0.2) is 13.1 Å². The lowest BCUT2D eigenvalue weighted by Gasteiger charge is -2.20. The first kappa shape index (κ1) is 15.7. The number of benzene rings is 1. The average molecular weight is 314 g/mol. The third-order valence-corrected chi connectivity index (χ3v) is 6.32. The summed E-state index contributed by atoms with van der Waals surface area (Å²) in [4.78, 5) is 0.341. The molecule has 2 unspecified atom stereocenters. The molecule has 1 fully saturated rings. The predicted molar refractivity (Wildman–Crippen MR) is 85.9 cm³/mol. The van der Waals surface area contributed by atoms with Crippen LogP contribution in [-0.2, 0) is 10.0 Å². The van der Waals surface area contributed by atoms with Gasteiger partial charge in [0.2, 0.25) is 10.0 Å². The summed E-state index contributed by atoms with van der Waals surface area (Å²) in [6.45, 7) is 2.65. The highest BCUT2D eigenvalue weighted by molar-refractivity contribution is 7.99. The Hall–Kier alpha value is -0.720. The predicted octanol–water partition coefficient (Wildman–Crippen LogP) is 2.68. The molecule has 2 rings (SSSR count). The number of hydrogen-bond acceptors (Lipinski definition) is 4. The van der Waals surface area contributed by atoms with Gasteiger partial charge in [-0.05, 0) is 38.2 Å². The molecule has 0 radical (unpaired) electrons. The van der Waals surface area contributed by atoms with E-state index in [4.69, 9.17) is 0 Å². The van der Waals surface area contributed by atoms with Crippen LogP contribution in [-0.4, -0.2) is 32.5 Å². The van der Waals surface area contributed by atoms with E-state index in [0.29, 0.717) is 22.4 Å². The fraction of sp³-hybridized carbons (Fsp3) is 0.571. The van der Waals surface area contributed by atoms with E-state index in [-0.39, 0.29) is 6.04 Å². The van der Waals surface area contributed by atoms with Crippen LogP contribution in [0.4, 0.5) is 5.69 Å².